The fourth-order valence-corrected chi connectivity index (χ4v) is 3.58. The van der Waals surface area contributed by atoms with Gasteiger partial charge in [-0.25, -0.2) is 0 Å². The zero-order chi connectivity index (χ0) is 22.8. The molecule has 2 N–H and O–H groups in total. The average Bonchev–Trinajstić information content (AvgIpc) is 3.03. The van der Waals surface area contributed by atoms with E-state index < -0.39 is 23.9 Å². The number of benzene rings is 2. The van der Waals surface area contributed by atoms with Crippen LogP contribution in [0.25, 0.3) is 21.8 Å². The predicted octanol–water partition coefficient (Wildman–Crippen LogP) is 5.01. The van der Waals surface area contributed by atoms with Crippen LogP contribution in [-0.2, 0) is 16.1 Å². The van der Waals surface area contributed by atoms with Gasteiger partial charge in [-0.2, -0.15) is 13.2 Å². The fourth-order valence-electron chi connectivity index (χ4n) is 3.58. The molecule has 1 aromatic heterocycles. The van der Waals surface area contributed by atoms with E-state index in [2.05, 4.69) is 22.1 Å². The van der Waals surface area contributed by atoms with E-state index in [-0.39, 0.29) is 5.92 Å². The lowest BCUT2D eigenvalue weighted by atomic mass is 10.0. The van der Waals surface area contributed by atoms with Crippen molar-refractivity contribution < 1.29 is 22.8 Å². The van der Waals surface area contributed by atoms with Crippen molar-refractivity contribution in [2.24, 2.45) is 5.92 Å². The number of hydrogen-bond acceptors (Lipinski definition) is 3. The number of hydrogen-bond donors (Lipinski definition) is 2. The molecule has 8 heteroatoms. The second kappa shape index (κ2) is 8.83. The van der Waals surface area contributed by atoms with Gasteiger partial charge in [0.25, 0.3) is 5.78 Å². The number of amides is 1. The maximum absolute atomic E-state index is 12.8. The lowest BCUT2D eigenvalue weighted by Crippen LogP contribution is -2.42. The summed E-state index contributed by atoms with van der Waals surface area (Å²) >= 11 is 0. The molecular weight excluding hydrogens is 407 g/mol. The van der Waals surface area contributed by atoms with Gasteiger partial charge in [-0.15, -0.1) is 0 Å². The smallest absolute Gasteiger partial charge is 0.379 e. The average molecular weight is 431 g/mol. The number of fused-ring (bicyclic) bond motifs is 3. The van der Waals surface area contributed by atoms with Crippen molar-refractivity contribution in [1.82, 2.24) is 9.88 Å². The number of rotatable bonds is 7. The Morgan fingerprint density at radius 2 is 1.74 bits per heavy atom. The summed E-state index contributed by atoms with van der Waals surface area (Å²) in [5, 5.41) is 7.50. The first-order valence-corrected chi connectivity index (χ1v) is 9.99. The number of anilines is 1. The van der Waals surface area contributed by atoms with E-state index in [1.165, 1.54) is 0 Å². The van der Waals surface area contributed by atoms with Crippen LogP contribution < -0.4 is 10.6 Å². The minimum Gasteiger partial charge on any atom is -0.379 e. The first-order chi connectivity index (χ1) is 14.6. The summed E-state index contributed by atoms with van der Waals surface area (Å²) in [7, 11) is 0. The minimum absolute atomic E-state index is 0.226. The quantitative estimate of drug-likeness (QED) is 0.517. The number of para-hydroxylation sites is 1. The highest BCUT2D eigenvalue weighted by atomic mass is 19.4. The van der Waals surface area contributed by atoms with Crippen LogP contribution in [0.1, 0.15) is 20.8 Å². The summed E-state index contributed by atoms with van der Waals surface area (Å²) in [6, 6.07) is 12.8. The lowest BCUT2D eigenvalue weighted by Gasteiger charge is -2.20. The van der Waals surface area contributed by atoms with E-state index in [0.29, 0.717) is 11.8 Å². The largest absolute Gasteiger partial charge is 0.454 e. The van der Waals surface area contributed by atoms with Crippen molar-refractivity contribution in [3.05, 3.63) is 54.7 Å². The molecule has 1 unspecified atom stereocenters. The number of ketones is 1. The van der Waals surface area contributed by atoms with Gasteiger partial charge in [0.15, 0.2) is 0 Å². The Kier molecular flexibility index (Phi) is 6.38. The molecule has 0 bridgehead atoms. The summed E-state index contributed by atoms with van der Waals surface area (Å²) in [6.45, 7) is 6.39. The molecule has 0 aliphatic heterocycles. The standard InChI is InChI=1S/C23H24F3N3O2/c1-4-29-18-8-6-5-7-16(18)17-13-15(9-10-19(17)29)28-22(31)21(14(2)3)27-12-11-20(30)23(24,25)26/h5-14,21,27H,4H2,1-3H3,(H,28,31). The summed E-state index contributed by atoms with van der Waals surface area (Å²) in [6.07, 6.45) is -3.69. The Morgan fingerprint density at radius 1 is 1.06 bits per heavy atom. The van der Waals surface area contributed by atoms with Crippen molar-refractivity contribution in [1.29, 1.82) is 0 Å². The second-order valence-corrected chi connectivity index (χ2v) is 7.57. The molecule has 0 aliphatic carbocycles. The Hall–Kier alpha value is -3.29. The Balaban J connectivity index is 1.83. The molecule has 0 fully saturated rings. The van der Waals surface area contributed by atoms with E-state index in [1.807, 2.05) is 36.4 Å². The van der Waals surface area contributed by atoms with Crippen molar-refractivity contribution in [3.8, 4) is 0 Å². The molecule has 0 spiro atoms. The summed E-state index contributed by atoms with van der Waals surface area (Å²) in [5.41, 5.74) is 2.73. The van der Waals surface area contributed by atoms with E-state index in [1.54, 1.807) is 19.9 Å². The van der Waals surface area contributed by atoms with Crippen LogP contribution in [0.3, 0.4) is 0 Å². The third-order valence-corrected chi connectivity index (χ3v) is 5.10. The molecule has 31 heavy (non-hydrogen) atoms. The zero-order valence-electron chi connectivity index (χ0n) is 17.5. The van der Waals surface area contributed by atoms with Crippen LogP contribution in [0.2, 0.25) is 0 Å². The van der Waals surface area contributed by atoms with Gasteiger partial charge in [-0.3, -0.25) is 9.59 Å². The number of aryl methyl sites for hydroxylation is 1. The third kappa shape index (κ3) is 4.73. The molecule has 0 aliphatic rings. The monoisotopic (exact) mass is 431 g/mol. The number of aromatic nitrogens is 1. The molecule has 1 atom stereocenters. The van der Waals surface area contributed by atoms with Crippen LogP contribution in [0, 0.1) is 5.92 Å². The van der Waals surface area contributed by atoms with Crippen LogP contribution in [0.15, 0.2) is 54.7 Å². The van der Waals surface area contributed by atoms with Gasteiger partial charge in [0.2, 0.25) is 5.91 Å². The minimum atomic E-state index is -4.94. The van der Waals surface area contributed by atoms with E-state index >= 15 is 0 Å². The Bertz CT molecular complexity index is 1150. The van der Waals surface area contributed by atoms with Gasteiger partial charge < -0.3 is 15.2 Å². The number of halogens is 3. The maximum atomic E-state index is 12.8. The van der Waals surface area contributed by atoms with Crippen LogP contribution in [0.5, 0.6) is 0 Å². The molecule has 5 nitrogen and oxygen atoms in total. The van der Waals surface area contributed by atoms with Crippen LogP contribution in [-0.4, -0.2) is 28.5 Å². The normalized spacial score (nSPS) is 13.3. The number of alkyl halides is 3. The summed E-state index contributed by atoms with van der Waals surface area (Å²) in [5.74, 6) is -2.62. The van der Waals surface area contributed by atoms with Crippen molar-refractivity contribution >= 4 is 39.2 Å². The molecular formula is C23H24F3N3O2. The van der Waals surface area contributed by atoms with Crippen molar-refractivity contribution in [3.63, 3.8) is 0 Å². The van der Waals surface area contributed by atoms with E-state index in [4.69, 9.17) is 0 Å². The first-order valence-electron chi connectivity index (χ1n) is 9.99. The molecule has 0 saturated carbocycles. The maximum Gasteiger partial charge on any atom is 0.454 e. The molecule has 2 aromatic carbocycles. The van der Waals surface area contributed by atoms with Gasteiger partial charge >= 0.3 is 6.18 Å². The molecule has 0 radical (unpaired) electrons. The number of carbonyl (C=O) groups is 2. The SMILES string of the molecule is CCn1c2ccccc2c2cc(NC(=O)C(NC=CC(=O)C(F)(F)F)C(C)C)ccc21. The topological polar surface area (TPSA) is 63.1 Å². The summed E-state index contributed by atoms with van der Waals surface area (Å²) in [4.78, 5) is 23.7. The highest BCUT2D eigenvalue weighted by Gasteiger charge is 2.36. The van der Waals surface area contributed by atoms with Gasteiger partial charge in [0.1, 0.15) is 6.04 Å². The first kappa shape index (κ1) is 22.4. The van der Waals surface area contributed by atoms with Gasteiger partial charge in [0, 0.05) is 46.3 Å². The van der Waals surface area contributed by atoms with Crippen molar-refractivity contribution in [2.45, 2.75) is 39.5 Å². The fraction of sp³-hybridized carbons (Fsp3) is 0.304. The molecule has 3 rings (SSSR count). The van der Waals surface area contributed by atoms with E-state index in [9.17, 15) is 22.8 Å². The number of nitrogens with one attached hydrogen (secondary N) is 2. The third-order valence-electron chi connectivity index (χ3n) is 5.10. The number of nitrogens with zero attached hydrogens (tertiary/aromatic N) is 1. The Labute approximate surface area is 177 Å². The highest BCUT2D eigenvalue weighted by Crippen LogP contribution is 2.31. The molecule has 164 valence electrons. The van der Waals surface area contributed by atoms with Gasteiger partial charge in [0.05, 0.1) is 0 Å². The molecule has 3 aromatic rings. The molecule has 1 amide bonds. The summed E-state index contributed by atoms with van der Waals surface area (Å²) < 4.78 is 39.2. The predicted molar refractivity (Wildman–Crippen MR) is 116 cm³/mol. The lowest BCUT2D eigenvalue weighted by molar-refractivity contribution is -0.165. The number of allylic oxidation sites excluding steroid dienone is 1. The molecule has 1 heterocycles. The second-order valence-electron chi connectivity index (χ2n) is 7.57. The zero-order valence-corrected chi connectivity index (χ0v) is 17.5. The number of carbonyl (C=O) groups excluding carboxylic acids is 2. The van der Waals surface area contributed by atoms with E-state index in [0.717, 1.165) is 34.6 Å². The Morgan fingerprint density at radius 3 is 2.39 bits per heavy atom. The van der Waals surface area contributed by atoms with Gasteiger partial charge in [-0.05, 0) is 37.1 Å². The molecule has 0 saturated heterocycles. The highest BCUT2D eigenvalue weighted by molar-refractivity contribution is 6.10. The van der Waals surface area contributed by atoms with Gasteiger partial charge in [-0.1, -0.05) is 32.0 Å². The van der Waals surface area contributed by atoms with Crippen LogP contribution in [0.4, 0.5) is 18.9 Å². The van der Waals surface area contributed by atoms with Crippen LogP contribution >= 0.6 is 0 Å². The van der Waals surface area contributed by atoms with Crippen molar-refractivity contribution in [2.75, 3.05) is 5.32 Å².